The number of rotatable bonds is 4. The number of aliphatic imine (C=N–C) groups is 1. The van der Waals surface area contributed by atoms with Gasteiger partial charge in [0.1, 0.15) is 12.3 Å². The van der Waals surface area contributed by atoms with Crippen LogP contribution in [0.3, 0.4) is 0 Å². The smallest absolute Gasteiger partial charge is 0.406 e. The van der Waals surface area contributed by atoms with Crippen LogP contribution in [0.5, 0.6) is 5.75 Å². The molecule has 1 saturated heterocycles. The molecule has 0 aromatic heterocycles. The molecule has 9 heteroatoms. The van der Waals surface area contributed by atoms with E-state index in [0.717, 1.165) is 38.4 Å². The average Bonchev–Trinajstić information content (AvgIpc) is 2.52. The number of alkyl halides is 3. The first kappa shape index (κ1) is 17.9. The maximum atomic E-state index is 12.2. The average molecular weight is 344 g/mol. The van der Waals surface area contributed by atoms with Crippen molar-refractivity contribution in [1.29, 1.82) is 0 Å². The molecular formula is C15H19F3N4O2. The highest BCUT2D eigenvalue weighted by Gasteiger charge is 2.31. The normalized spacial score (nSPS) is 16.0. The molecule has 1 aliphatic heterocycles. The summed E-state index contributed by atoms with van der Waals surface area (Å²) in [6.07, 6.45) is -1.68. The zero-order valence-corrected chi connectivity index (χ0v) is 13.0. The molecule has 1 aromatic carbocycles. The zero-order valence-electron chi connectivity index (χ0n) is 13.0. The van der Waals surface area contributed by atoms with E-state index >= 15 is 0 Å². The fourth-order valence-electron chi connectivity index (χ4n) is 2.35. The van der Waals surface area contributed by atoms with E-state index in [-0.39, 0.29) is 29.8 Å². The SMILES string of the molecule is NC(=NCC(=O)N1CCCCC1)Nc1cccc(OC(F)(F)F)c1. The number of amides is 1. The van der Waals surface area contributed by atoms with Crippen LogP contribution in [0.25, 0.3) is 0 Å². The minimum atomic E-state index is -4.76. The second-order valence-electron chi connectivity index (χ2n) is 5.34. The number of halogens is 3. The lowest BCUT2D eigenvalue weighted by Gasteiger charge is -2.26. The van der Waals surface area contributed by atoms with E-state index in [1.807, 2.05) is 0 Å². The Morgan fingerprint density at radius 1 is 1.29 bits per heavy atom. The van der Waals surface area contributed by atoms with Gasteiger partial charge in [-0.1, -0.05) is 6.07 Å². The molecule has 1 heterocycles. The molecule has 0 aliphatic carbocycles. The van der Waals surface area contributed by atoms with Crippen LogP contribution in [-0.2, 0) is 4.79 Å². The van der Waals surface area contributed by atoms with Crippen LogP contribution in [0.4, 0.5) is 18.9 Å². The minimum Gasteiger partial charge on any atom is -0.406 e. The summed E-state index contributed by atoms with van der Waals surface area (Å²) < 4.78 is 40.4. The monoisotopic (exact) mass is 344 g/mol. The summed E-state index contributed by atoms with van der Waals surface area (Å²) in [4.78, 5) is 17.6. The van der Waals surface area contributed by atoms with E-state index in [2.05, 4.69) is 15.0 Å². The lowest BCUT2D eigenvalue weighted by molar-refractivity contribution is -0.274. The molecule has 3 N–H and O–H groups in total. The molecule has 1 fully saturated rings. The van der Waals surface area contributed by atoms with Gasteiger partial charge in [0.2, 0.25) is 5.91 Å². The van der Waals surface area contributed by atoms with Crippen molar-refractivity contribution in [3.8, 4) is 5.75 Å². The second kappa shape index (κ2) is 7.89. The van der Waals surface area contributed by atoms with Crippen molar-refractivity contribution in [2.75, 3.05) is 25.0 Å². The summed E-state index contributed by atoms with van der Waals surface area (Å²) in [5.74, 6) is -0.539. The van der Waals surface area contributed by atoms with Gasteiger partial charge >= 0.3 is 6.36 Å². The van der Waals surface area contributed by atoms with Crippen LogP contribution >= 0.6 is 0 Å². The van der Waals surface area contributed by atoms with Gasteiger partial charge in [-0.15, -0.1) is 13.2 Å². The van der Waals surface area contributed by atoms with Crippen molar-refractivity contribution in [2.45, 2.75) is 25.6 Å². The Morgan fingerprint density at radius 2 is 2.00 bits per heavy atom. The molecule has 0 saturated carbocycles. The molecule has 0 unspecified atom stereocenters. The molecule has 0 spiro atoms. The van der Waals surface area contributed by atoms with E-state index < -0.39 is 6.36 Å². The van der Waals surface area contributed by atoms with Gasteiger partial charge in [-0.3, -0.25) is 4.79 Å². The number of carbonyl (C=O) groups excluding carboxylic acids is 1. The summed E-state index contributed by atoms with van der Waals surface area (Å²) in [6.45, 7) is 1.34. The Bertz CT molecular complexity index is 599. The van der Waals surface area contributed by atoms with Crippen molar-refractivity contribution in [1.82, 2.24) is 4.90 Å². The summed E-state index contributed by atoms with van der Waals surface area (Å²) in [5, 5.41) is 2.64. The van der Waals surface area contributed by atoms with Crippen LogP contribution in [-0.4, -0.2) is 42.8 Å². The van der Waals surface area contributed by atoms with Crippen LogP contribution in [0.1, 0.15) is 19.3 Å². The number of likely N-dealkylation sites (tertiary alicyclic amines) is 1. The van der Waals surface area contributed by atoms with Gasteiger partial charge in [-0.2, -0.15) is 0 Å². The maximum Gasteiger partial charge on any atom is 0.573 e. The van der Waals surface area contributed by atoms with E-state index in [1.54, 1.807) is 4.90 Å². The lowest BCUT2D eigenvalue weighted by Crippen LogP contribution is -2.37. The summed E-state index contributed by atoms with van der Waals surface area (Å²) in [5.41, 5.74) is 5.95. The Hall–Kier alpha value is -2.45. The minimum absolute atomic E-state index is 0.0514. The number of hydrogen-bond acceptors (Lipinski definition) is 3. The number of hydrogen-bond donors (Lipinski definition) is 2. The van der Waals surface area contributed by atoms with Crippen molar-refractivity contribution in [3.63, 3.8) is 0 Å². The van der Waals surface area contributed by atoms with Gasteiger partial charge in [0, 0.05) is 24.8 Å². The number of anilines is 1. The highest BCUT2D eigenvalue weighted by Crippen LogP contribution is 2.24. The molecular weight excluding hydrogens is 325 g/mol. The molecule has 24 heavy (non-hydrogen) atoms. The van der Waals surface area contributed by atoms with Gasteiger partial charge in [0.15, 0.2) is 5.96 Å². The highest BCUT2D eigenvalue weighted by molar-refractivity contribution is 5.94. The Balaban J connectivity index is 1.90. The molecule has 1 aromatic rings. The molecule has 1 amide bonds. The van der Waals surface area contributed by atoms with Gasteiger partial charge in [-0.25, -0.2) is 4.99 Å². The fourth-order valence-corrected chi connectivity index (χ4v) is 2.35. The third-order valence-electron chi connectivity index (χ3n) is 3.43. The molecule has 1 aliphatic rings. The van der Waals surface area contributed by atoms with E-state index in [4.69, 9.17) is 5.73 Å². The quantitative estimate of drug-likeness (QED) is 0.649. The third kappa shape index (κ3) is 5.98. The largest absolute Gasteiger partial charge is 0.573 e. The maximum absolute atomic E-state index is 12.2. The summed E-state index contributed by atoms with van der Waals surface area (Å²) in [7, 11) is 0. The second-order valence-corrected chi connectivity index (χ2v) is 5.34. The number of piperidine rings is 1. The number of guanidine groups is 1. The number of carbonyl (C=O) groups is 1. The van der Waals surface area contributed by atoms with Crippen molar-refractivity contribution in [3.05, 3.63) is 24.3 Å². The van der Waals surface area contributed by atoms with E-state index in [9.17, 15) is 18.0 Å². The topological polar surface area (TPSA) is 80.0 Å². The molecule has 0 bridgehead atoms. The first-order chi connectivity index (χ1) is 11.3. The molecule has 0 atom stereocenters. The van der Waals surface area contributed by atoms with Crippen molar-refractivity contribution >= 4 is 17.6 Å². The first-order valence-corrected chi connectivity index (χ1v) is 7.54. The lowest BCUT2D eigenvalue weighted by atomic mass is 10.1. The highest BCUT2D eigenvalue weighted by atomic mass is 19.4. The molecule has 132 valence electrons. The fraction of sp³-hybridized carbons (Fsp3) is 0.467. The predicted octanol–water partition coefficient (Wildman–Crippen LogP) is 2.32. The van der Waals surface area contributed by atoms with Crippen LogP contribution in [0.15, 0.2) is 29.3 Å². The number of nitrogens with two attached hydrogens (primary N) is 1. The van der Waals surface area contributed by atoms with Gasteiger partial charge < -0.3 is 20.7 Å². The number of ether oxygens (including phenoxy) is 1. The van der Waals surface area contributed by atoms with Gasteiger partial charge in [-0.05, 0) is 31.4 Å². The number of nitrogens with one attached hydrogen (secondary N) is 1. The standard InChI is InChI=1S/C15H19F3N4O2/c16-15(17,18)24-12-6-4-5-11(9-12)21-14(19)20-10-13(23)22-7-2-1-3-8-22/h4-6,9H,1-3,7-8,10H2,(H3,19,20,21). The van der Waals surface area contributed by atoms with Crippen molar-refractivity contribution < 1.29 is 22.7 Å². The summed E-state index contributed by atoms with van der Waals surface area (Å²) in [6, 6.07) is 5.21. The molecule has 6 nitrogen and oxygen atoms in total. The Morgan fingerprint density at radius 3 is 2.67 bits per heavy atom. The molecule has 0 radical (unpaired) electrons. The number of benzene rings is 1. The zero-order chi connectivity index (χ0) is 17.6. The van der Waals surface area contributed by atoms with Crippen LogP contribution in [0, 0.1) is 0 Å². The van der Waals surface area contributed by atoms with Crippen LogP contribution in [0.2, 0.25) is 0 Å². The third-order valence-corrected chi connectivity index (χ3v) is 3.43. The van der Waals surface area contributed by atoms with E-state index in [0.29, 0.717) is 0 Å². The Kier molecular flexibility index (Phi) is 5.88. The first-order valence-electron chi connectivity index (χ1n) is 7.54. The van der Waals surface area contributed by atoms with Gasteiger partial charge in [0.25, 0.3) is 0 Å². The Labute approximate surface area is 137 Å². The van der Waals surface area contributed by atoms with E-state index in [1.165, 1.54) is 18.2 Å². The predicted molar refractivity (Wildman–Crippen MR) is 83.7 cm³/mol. The summed E-state index contributed by atoms with van der Waals surface area (Å²) >= 11 is 0. The van der Waals surface area contributed by atoms with Crippen molar-refractivity contribution in [2.24, 2.45) is 10.7 Å². The molecule has 2 rings (SSSR count). The van der Waals surface area contributed by atoms with Gasteiger partial charge in [0.05, 0.1) is 0 Å². The number of nitrogens with zero attached hydrogens (tertiary/aromatic N) is 2. The van der Waals surface area contributed by atoms with Crippen LogP contribution < -0.4 is 15.8 Å².